The summed E-state index contributed by atoms with van der Waals surface area (Å²) in [6, 6.07) is 12.8. The van der Waals surface area contributed by atoms with E-state index in [4.69, 9.17) is 0 Å². The average Bonchev–Trinajstić information content (AvgIpc) is 2.72. The van der Waals surface area contributed by atoms with Crippen LogP contribution in [0.5, 0.6) is 0 Å². The number of nitrogens with zero attached hydrogens (tertiary/aromatic N) is 2. The lowest BCUT2D eigenvalue weighted by Gasteiger charge is -2.09. The van der Waals surface area contributed by atoms with Crippen molar-refractivity contribution in [2.75, 3.05) is 10.8 Å². The van der Waals surface area contributed by atoms with Gasteiger partial charge in [-0.15, -0.1) is 0 Å². The summed E-state index contributed by atoms with van der Waals surface area (Å²) in [5.74, 6) is 1.02. The Morgan fingerprint density at radius 3 is 2.82 bits per heavy atom. The molecule has 17 heavy (non-hydrogen) atoms. The van der Waals surface area contributed by atoms with Crippen molar-refractivity contribution in [1.29, 1.82) is 0 Å². The normalized spacial score (nSPS) is 13.8. The molecule has 2 nitrogen and oxygen atoms in total. The minimum absolute atomic E-state index is 0.952. The predicted octanol–water partition coefficient (Wildman–Crippen LogP) is 2.88. The number of thiol groups is 1. The molecular weight excluding hydrogens is 228 g/mol. The second-order valence-corrected chi connectivity index (χ2v) is 4.84. The molecule has 0 saturated heterocycles. The number of hydrogen-bond donors (Lipinski definition) is 1. The standard InChI is InChI=1S/C14H14N2S/c17-16-7-6-13-9-12(10-15-14(13)16)8-11-4-2-1-3-5-11/h1-5,9-10,17H,6-8H2. The predicted molar refractivity (Wildman–Crippen MR) is 73.5 cm³/mol. The highest BCUT2D eigenvalue weighted by atomic mass is 32.1. The Labute approximate surface area is 107 Å². The molecule has 1 aromatic carbocycles. The Bertz CT molecular complexity index is 525. The van der Waals surface area contributed by atoms with Crippen LogP contribution in [0, 0.1) is 0 Å². The summed E-state index contributed by atoms with van der Waals surface area (Å²) in [6.45, 7) is 0.959. The maximum atomic E-state index is 4.49. The molecule has 3 heteroatoms. The fourth-order valence-electron chi connectivity index (χ4n) is 2.23. The minimum atomic E-state index is 0.952. The van der Waals surface area contributed by atoms with E-state index in [-0.39, 0.29) is 0 Å². The first-order valence-corrected chi connectivity index (χ1v) is 6.21. The highest BCUT2D eigenvalue weighted by Gasteiger charge is 2.17. The third-order valence-corrected chi connectivity index (χ3v) is 3.48. The van der Waals surface area contributed by atoms with Gasteiger partial charge in [-0.1, -0.05) is 49.2 Å². The lowest BCUT2D eigenvalue weighted by Crippen LogP contribution is -2.06. The number of benzene rings is 1. The summed E-state index contributed by atoms with van der Waals surface area (Å²) in [7, 11) is 0. The summed E-state index contributed by atoms with van der Waals surface area (Å²) < 4.78 is 1.92. The molecule has 86 valence electrons. The lowest BCUT2D eigenvalue weighted by molar-refractivity contribution is 1.05. The van der Waals surface area contributed by atoms with Crippen LogP contribution in [0.1, 0.15) is 16.7 Å². The van der Waals surface area contributed by atoms with Crippen molar-refractivity contribution in [3.05, 3.63) is 59.3 Å². The SMILES string of the molecule is SN1CCc2cc(Cc3ccccc3)cnc21. The molecule has 0 aliphatic carbocycles. The fraction of sp³-hybridized carbons (Fsp3) is 0.214. The molecule has 0 spiro atoms. The van der Waals surface area contributed by atoms with Crippen molar-refractivity contribution in [1.82, 2.24) is 4.98 Å². The van der Waals surface area contributed by atoms with Crippen LogP contribution in [0.2, 0.25) is 0 Å². The van der Waals surface area contributed by atoms with Gasteiger partial charge in [0.1, 0.15) is 5.82 Å². The van der Waals surface area contributed by atoms with Crippen LogP contribution in [-0.4, -0.2) is 11.5 Å². The van der Waals surface area contributed by atoms with E-state index in [0.29, 0.717) is 0 Å². The summed E-state index contributed by atoms with van der Waals surface area (Å²) >= 11 is 4.38. The molecule has 0 radical (unpaired) electrons. The van der Waals surface area contributed by atoms with Gasteiger partial charge in [-0.3, -0.25) is 0 Å². The zero-order valence-electron chi connectivity index (χ0n) is 9.50. The van der Waals surface area contributed by atoms with E-state index in [2.05, 4.69) is 48.1 Å². The van der Waals surface area contributed by atoms with Crippen LogP contribution < -0.4 is 4.31 Å². The molecule has 0 atom stereocenters. The van der Waals surface area contributed by atoms with Crippen molar-refractivity contribution < 1.29 is 0 Å². The van der Waals surface area contributed by atoms with Crippen molar-refractivity contribution in [3.8, 4) is 0 Å². The topological polar surface area (TPSA) is 16.1 Å². The third-order valence-electron chi connectivity index (χ3n) is 3.09. The summed E-state index contributed by atoms with van der Waals surface area (Å²) in [6.07, 6.45) is 3.96. The van der Waals surface area contributed by atoms with Crippen LogP contribution in [0.4, 0.5) is 5.82 Å². The molecule has 3 rings (SSSR count). The Kier molecular flexibility index (Phi) is 2.77. The Morgan fingerprint density at radius 2 is 2.00 bits per heavy atom. The van der Waals surface area contributed by atoms with Gasteiger partial charge < -0.3 is 4.31 Å². The monoisotopic (exact) mass is 242 g/mol. The highest BCUT2D eigenvalue weighted by molar-refractivity contribution is 7.81. The minimum Gasteiger partial charge on any atom is -0.303 e. The Morgan fingerprint density at radius 1 is 1.18 bits per heavy atom. The molecular formula is C14H14N2S. The van der Waals surface area contributed by atoms with Crippen LogP contribution in [0.15, 0.2) is 42.6 Å². The smallest absolute Gasteiger partial charge is 0.141 e. The maximum Gasteiger partial charge on any atom is 0.141 e. The summed E-state index contributed by atoms with van der Waals surface area (Å²) in [4.78, 5) is 4.49. The van der Waals surface area contributed by atoms with E-state index in [1.165, 1.54) is 16.7 Å². The van der Waals surface area contributed by atoms with Crippen LogP contribution in [0.25, 0.3) is 0 Å². The van der Waals surface area contributed by atoms with E-state index < -0.39 is 0 Å². The first kappa shape index (κ1) is 10.7. The molecule has 0 bridgehead atoms. The van der Waals surface area contributed by atoms with E-state index in [1.807, 2.05) is 16.6 Å². The molecule has 1 aliphatic rings. The van der Waals surface area contributed by atoms with Crippen LogP contribution in [-0.2, 0) is 12.8 Å². The second kappa shape index (κ2) is 4.41. The van der Waals surface area contributed by atoms with Gasteiger partial charge in [0.25, 0.3) is 0 Å². The molecule has 2 aromatic rings. The number of pyridine rings is 1. The van der Waals surface area contributed by atoms with Crippen LogP contribution in [0.3, 0.4) is 0 Å². The van der Waals surface area contributed by atoms with Crippen molar-refractivity contribution in [3.63, 3.8) is 0 Å². The zero-order chi connectivity index (χ0) is 11.7. The number of rotatable bonds is 2. The van der Waals surface area contributed by atoms with Crippen LogP contribution >= 0.6 is 12.8 Å². The quantitative estimate of drug-likeness (QED) is 0.815. The van der Waals surface area contributed by atoms with Gasteiger partial charge in [0.15, 0.2) is 0 Å². The zero-order valence-corrected chi connectivity index (χ0v) is 10.4. The van der Waals surface area contributed by atoms with E-state index in [0.717, 1.165) is 25.2 Å². The van der Waals surface area contributed by atoms with E-state index >= 15 is 0 Å². The third kappa shape index (κ3) is 2.15. The molecule has 1 aliphatic heterocycles. The lowest BCUT2D eigenvalue weighted by atomic mass is 10.0. The average molecular weight is 242 g/mol. The summed E-state index contributed by atoms with van der Waals surface area (Å²) in [5.41, 5.74) is 3.92. The molecule has 1 aromatic heterocycles. The number of hydrogen-bond acceptors (Lipinski definition) is 3. The van der Waals surface area contributed by atoms with Gasteiger partial charge in [0.05, 0.1) is 0 Å². The maximum absolute atomic E-state index is 4.49. The van der Waals surface area contributed by atoms with Crippen molar-refractivity contribution in [2.24, 2.45) is 0 Å². The van der Waals surface area contributed by atoms with Gasteiger partial charge in [0, 0.05) is 12.7 Å². The first-order chi connectivity index (χ1) is 8.33. The number of aromatic nitrogens is 1. The Hall–Kier alpha value is -1.48. The van der Waals surface area contributed by atoms with Gasteiger partial charge >= 0.3 is 0 Å². The molecule has 0 amide bonds. The summed E-state index contributed by atoms with van der Waals surface area (Å²) in [5, 5.41) is 0. The molecule has 2 heterocycles. The molecule has 0 unspecified atom stereocenters. The molecule has 0 N–H and O–H groups in total. The van der Waals surface area contributed by atoms with Gasteiger partial charge in [-0.2, -0.15) is 0 Å². The van der Waals surface area contributed by atoms with Gasteiger partial charge in [0.2, 0.25) is 0 Å². The van der Waals surface area contributed by atoms with Crippen molar-refractivity contribution in [2.45, 2.75) is 12.8 Å². The van der Waals surface area contributed by atoms with E-state index in [9.17, 15) is 0 Å². The van der Waals surface area contributed by atoms with Crippen molar-refractivity contribution >= 4 is 18.6 Å². The highest BCUT2D eigenvalue weighted by Crippen LogP contribution is 2.27. The molecule has 0 saturated carbocycles. The number of fused-ring (bicyclic) bond motifs is 1. The fourth-order valence-corrected chi connectivity index (χ4v) is 2.51. The first-order valence-electron chi connectivity index (χ1n) is 5.81. The Balaban J connectivity index is 1.86. The number of anilines is 1. The largest absolute Gasteiger partial charge is 0.303 e. The van der Waals surface area contributed by atoms with E-state index in [1.54, 1.807) is 0 Å². The molecule has 0 fully saturated rings. The van der Waals surface area contributed by atoms with Gasteiger partial charge in [-0.05, 0) is 29.5 Å². The van der Waals surface area contributed by atoms with Gasteiger partial charge in [-0.25, -0.2) is 4.98 Å². The second-order valence-electron chi connectivity index (χ2n) is 4.36.